The van der Waals surface area contributed by atoms with E-state index in [0.29, 0.717) is 6.41 Å². The Bertz CT molecular complexity index is 533. The van der Waals surface area contributed by atoms with Crippen LogP contribution in [-0.2, 0) is 29.0 Å². The van der Waals surface area contributed by atoms with Crippen LogP contribution in [0.1, 0.15) is 27.2 Å². The van der Waals surface area contributed by atoms with Crippen molar-refractivity contribution in [2.24, 2.45) is 0 Å². The van der Waals surface area contributed by atoms with Crippen molar-refractivity contribution in [1.82, 2.24) is 10.6 Å². The summed E-state index contributed by atoms with van der Waals surface area (Å²) in [5.41, 5.74) is -0.689. The maximum atomic E-state index is 11.8. The fraction of sp³-hybridized carbons (Fsp3) is 0.615. The van der Waals surface area contributed by atoms with E-state index in [1.54, 1.807) is 20.8 Å². The summed E-state index contributed by atoms with van der Waals surface area (Å²) in [6.45, 7) is 4.80. The molecule has 0 fully saturated rings. The van der Waals surface area contributed by atoms with Gasteiger partial charge in [-0.2, -0.15) is 0 Å². The van der Waals surface area contributed by atoms with Gasteiger partial charge < -0.3 is 15.4 Å². The Morgan fingerprint density at radius 3 is 2.32 bits per heavy atom. The average Bonchev–Trinajstić information content (AvgIpc) is 2.30. The lowest BCUT2D eigenvalue weighted by Gasteiger charge is -2.21. The van der Waals surface area contributed by atoms with Gasteiger partial charge in [0.25, 0.3) is 0 Å². The van der Waals surface area contributed by atoms with Crippen LogP contribution in [0.4, 0.5) is 0 Å². The molecule has 0 aliphatic carbocycles. The largest absolute Gasteiger partial charge is 0.460 e. The summed E-state index contributed by atoms with van der Waals surface area (Å²) in [6.07, 6.45) is 2.31. The van der Waals surface area contributed by atoms with Crippen molar-refractivity contribution in [2.75, 3.05) is 12.8 Å². The van der Waals surface area contributed by atoms with Gasteiger partial charge in [0.05, 0.1) is 19.0 Å². The van der Waals surface area contributed by atoms with Crippen molar-refractivity contribution in [3.63, 3.8) is 0 Å². The first-order valence-corrected chi connectivity index (χ1v) is 8.45. The number of esters is 1. The molecular formula is C13H22N2O6S. The Labute approximate surface area is 130 Å². The van der Waals surface area contributed by atoms with Crippen molar-refractivity contribution in [2.45, 2.75) is 38.8 Å². The highest BCUT2D eigenvalue weighted by molar-refractivity contribution is 7.93. The molecule has 8 nitrogen and oxygen atoms in total. The van der Waals surface area contributed by atoms with Gasteiger partial charge in [0, 0.05) is 11.7 Å². The van der Waals surface area contributed by atoms with Gasteiger partial charge in [0.15, 0.2) is 9.84 Å². The molecule has 0 aliphatic rings. The summed E-state index contributed by atoms with van der Waals surface area (Å²) in [5.74, 6) is -1.14. The van der Waals surface area contributed by atoms with Crippen LogP contribution < -0.4 is 10.6 Å². The quantitative estimate of drug-likeness (QED) is 0.456. The van der Waals surface area contributed by atoms with Crippen molar-refractivity contribution in [3.8, 4) is 0 Å². The Kier molecular flexibility index (Phi) is 7.78. The van der Waals surface area contributed by atoms with Gasteiger partial charge in [-0.05, 0) is 20.8 Å². The maximum Gasteiger partial charge on any atom is 0.308 e. The lowest BCUT2D eigenvalue weighted by molar-refractivity contribution is -0.155. The van der Waals surface area contributed by atoms with E-state index in [9.17, 15) is 22.8 Å². The highest BCUT2D eigenvalue weighted by atomic mass is 32.2. The van der Waals surface area contributed by atoms with Gasteiger partial charge >= 0.3 is 5.97 Å². The second-order valence-electron chi connectivity index (χ2n) is 5.62. The fourth-order valence-electron chi connectivity index (χ4n) is 1.36. The predicted octanol–water partition coefficient (Wildman–Crippen LogP) is -0.493. The number of hydrogen-bond acceptors (Lipinski definition) is 6. The molecule has 0 radical (unpaired) electrons. The molecule has 2 amide bonds. The molecule has 2 N–H and O–H groups in total. The van der Waals surface area contributed by atoms with E-state index in [1.807, 2.05) is 0 Å². The summed E-state index contributed by atoms with van der Waals surface area (Å²) >= 11 is 0. The highest BCUT2D eigenvalue weighted by Gasteiger charge is 2.20. The second-order valence-corrected chi connectivity index (χ2v) is 7.55. The normalized spacial score (nSPS) is 13.5. The van der Waals surface area contributed by atoms with Crippen molar-refractivity contribution in [3.05, 3.63) is 11.5 Å². The summed E-state index contributed by atoms with van der Waals surface area (Å²) in [4.78, 5) is 33.4. The SMILES string of the molecule is CC(C)(C)OC(=O)CC(/C=C/S(C)(=O)=O)NC(=O)CNC=O. The maximum absolute atomic E-state index is 11.8. The summed E-state index contributed by atoms with van der Waals surface area (Å²) in [6, 6.07) is -0.856. The van der Waals surface area contributed by atoms with Crippen LogP contribution >= 0.6 is 0 Å². The van der Waals surface area contributed by atoms with E-state index in [0.717, 1.165) is 11.7 Å². The smallest absolute Gasteiger partial charge is 0.308 e. The molecule has 0 aromatic carbocycles. The van der Waals surface area contributed by atoms with Gasteiger partial charge in [0.1, 0.15) is 5.60 Å². The molecule has 0 saturated carbocycles. The van der Waals surface area contributed by atoms with Gasteiger partial charge in [-0.25, -0.2) is 8.42 Å². The third-order valence-corrected chi connectivity index (χ3v) is 2.71. The lowest BCUT2D eigenvalue weighted by atomic mass is 10.1. The molecule has 0 rings (SSSR count). The molecule has 1 atom stereocenters. The number of rotatable bonds is 8. The zero-order valence-corrected chi connectivity index (χ0v) is 13.9. The highest BCUT2D eigenvalue weighted by Crippen LogP contribution is 2.10. The van der Waals surface area contributed by atoms with Crippen LogP contribution in [0, 0.1) is 0 Å². The Morgan fingerprint density at radius 1 is 1.27 bits per heavy atom. The van der Waals surface area contributed by atoms with E-state index >= 15 is 0 Å². The van der Waals surface area contributed by atoms with Gasteiger partial charge in [0.2, 0.25) is 12.3 Å². The summed E-state index contributed by atoms with van der Waals surface area (Å²) < 4.78 is 27.4. The third-order valence-electron chi connectivity index (χ3n) is 2.06. The number of amides is 2. The molecule has 0 spiro atoms. The molecule has 9 heteroatoms. The third kappa shape index (κ3) is 11.9. The molecule has 126 valence electrons. The molecule has 0 heterocycles. The van der Waals surface area contributed by atoms with Crippen LogP contribution in [0.3, 0.4) is 0 Å². The van der Waals surface area contributed by atoms with Gasteiger partial charge in [-0.1, -0.05) is 6.08 Å². The lowest BCUT2D eigenvalue weighted by Crippen LogP contribution is -2.41. The second kappa shape index (κ2) is 8.52. The number of ether oxygens (including phenoxy) is 1. The summed E-state index contributed by atoms with van der Waals surface area (Å²) in [5, 5.41) is 5.49. The fourth-order valence-corrected chi connectivity index (χ4v) is 1.83. The molecule has 22 heavy (non-hydrogen) atoms. The number of carbonyl (C=O) groups is 3. The van der Waals surface area contributed by atoms with Gasteiger partial charge in [-0.15, -0.1) is 0 Å². The van der Waals surface area contributed by atoms with Crippen molar-refractivity contribution < 1.29 is 27.5 Å². The molecule has 0 aliphatic heterocycles. The number of hydrogen-bond donors (Lipinski definition) is 2. The number of sulfone groups is 1. The van der Waals surface area contributed by atoms with Crippen molar-refractivity contribution in [1.29, 1.82) is 0 Å². The van der Waals surface area contributed by atoms with E-state index in [1.165, 1.54) is 6.08 Å². The molecular weight excluding hydrogens is 312 g/mol. The van der Waals surface area contributed by atoms with Crippen molar-refractivity contribution >= 4 is 28.1 Å². The molecule has 0 saturated heterocycles. The van der Waals surface area contributed by atoms with Crippen LogP contribution in [0.25, 0.3) is 0 Å². The minimum atomic E-state index is -3.40. The first-order valence-electron chi connectivity index (χ1n) is 6.49. The molecule has 0 bridgehead atoms. The zero-order chi connectivity index (χ0) is 17.4. The monoisotopic (exact) mass is 334 g/mol. The van der Waals surface area contributed by atoms with Gasteiger partial charge in [-0.3, -0.25) is 14.4 Å². The predicted molar refractivity (Wildman–Crippen MR) is 80.4 cm³/mol. The minimum Gasteiger partial charge on any atom is -0.460 e. The first kappa shape index (κ1) is 20.1. The zero-order valence-electron chi connectivity index (χ0n) is 13.1. The van der Waals surface area contributed by atoms with E-state index < -0.39 is 33.4 Å². The van der Waals surface area contributed by atoms with Crippen LogP contribution in [0.15, 0.2) is 11.5 Å². The van der Waals surface area contributed by atoms with E-state index in [4.69, 9.17) is 4.74 Å². The van der Waals surface area contributed by atoms with Crippen LogP contribution in [-0.4, -0.2) is 51.1 Å². The van der Waals surface area contributed by atoms with Crippen LogP contribution in [0.5, 0.6) is 0 Å². The molecule has 0 aromatic heterocycles. The van der Waals surface area contributed by atoms with E-state index in [-0.39, 0.29) is 13.0 Å². The number of nitrogens with one attached hydrogen (secondary N) is 2. The standard InChI is InChI=1S/C13H22N2O6S/c1-13(2,3)21-12(18)7-10(5-6-22(4,19)20)15-11(17)8-14-9-16/h5-6,9-10H,7-8H2,1-4H3,(H,14,16)(H,15,17)/b6-5+. The minimum absolute atomic E-state index is 0.226. The summed E-state index contributed by atoms with van der Waals surface area (Å²) in [7, 11) is -3.40. The molecule has 1 unspecified atom stereocenters. The Morgan fingerprint density at radius 2 is 1.86 bits per heavy atom. The first-order chi connectivity index (χ1) is 9.93. The average molecular weight is 334 g/mol. The number of carbonyl (C=O) groups excluding carboxylic acids is 3. The van der Waals surface area contributed by atoms with Crippen LogP contribution in [0.2, 0.25) is 0 Å². The topological polar surface area (TPSA) is 119 Å². The Hall–Kier alpha value is -1.90. The van der Waals surface area contributed by atoms with E-state index in [2.05, 4.69) is 10.6 Å². The molecule has 0 aromatic rings. The Balaban J connectivity index is 4.86.